The molecule has 0 aliphatic rings. The van der Waals surface area contributed by atoms with E-state index in [1.807, 2.05) is 12.1 Å². The predicted molar refractivity (Wildman–Crippen MR) is 67.8 cm³/mol. The van der Waals surface area contributed by atoms with Crippen LogP contribution in [0.15, 0.2) is 23.1 Å². The molecule has 3 heteroatoms. The van der Waals surface area contributed by atoms with Crippen molar-refractivity contribution < 1.29 is 0 Å². The van der Waals surface area contributed by atoms with Crippen LogP contribution in [0.5, 0.6) is 0 Å². The van der Waals surface area contributed by atoms with Crippen LogP contribution in [0.4, 0.5) is 0 Å². The molecule has 0 aliphatic carbocycles. The second-order valence-electron chi connectivity index (χ2n) is 3.57. The van der Waals surface area contributed by atoms with Crippen LogP contribution < -0.4 is 5.73 Å². The van der Waals surface area contributed by atoms with Crippen molar-refractivity contribution in [3.63, 3.8) is 0 Å². The molecular formula is C12H18N2S. The van der Waals surface area contributed by atoms with Crippen LogP contribution in [0.2, 0.25) is 0 Å². The molecule has 82 valence electrons. The van der Waals surface area contributed by atoms with E-state index >= 15 is 0 Å². The maximum atomic E-state index is 7.52. The molecule has 1 aromatic carbocycles. The van der Waals surface area contributed by atoms with E-state index < -0.39 is 0 Å². The van der Waals surface area contributed by atoms with Gasteiger partial charge in [-0.2, -0.15) is 0 Å². The first-order chi connectivity index (χ1) is 7.16. The van der Waals surface area contributed by atoms with Crippen LogP contribution >= 0.6 is 11.8 Å². The number of unbranched alkanes of at least 4 members (excludes halogenated alkanes) is 1. The van der Waals surface area contributed by atoms with Crippen molar-refractivity contribution in [1.82, 2.24) is 0 Å². The van der Waals surface area contributed by atoms with Crippen molar-refractivity contribution in [2.24, 2.45) is 5.73 Å². The number of nitrogens with one attached hydrogen (secondary N) is 1. The Morgan fingerprint density at radius 3 is 2.80 bits per heavy atom. The number of hydrogen-bond acceptors (Lipinski definition) is 2. The standard InChI is InChI=1S/C12H18N2S/c1-3-4-8-15-11-9(2)6-5-7-10(11)12(13)14/h5-7H,3-4,8H2,1-2H3,(H3,13,14). The number of nitrogen functional groups attached to an aromatic ring is 1. The van der Waals surface area contributed by atoms with Gasteiger partial charge in [0.25, 0.3) is 0 Å². The highest BCUT2D eigenvalue weighted by atomic mass is 32.2. The quantitative estimate of drug-likeness (QED) is 0.348. The second-order valence-corrected chi connectivity index (χ2v) is 4.67. The third-order valence-corrected chi connectivity index (χ3v) is 3.57. The average molecular weight is 222 g/mol. The van der Waals surface area contributed by atoms with E-state index in [0.717, 1.165) is 11.3 Å². The summed E-state index contributed by atoms with van der Waals surface area (Å²) in [6, 6.07) is 5.94. The van der Waals surface area contributed by atoms with Crippen LogP contribution in [0.3, 0.4) is 0 Å². The molecule has 0 spiro atoms. The average Bonchev–Trinajstić information content (AvgIpc) is 2.20. The molecule has 0 saturated carbocycles. The Balaban J connectivity index is 2.87. The van der Waals surface area contributed by atoms with Gasteiger partial charge in [-0.15, -0.1) is 11.8 Å². The smallest absolute Gasteiger partial charge is 0.123 e. The summed E-state index contributed by atoms with van der Waals surface area (Å²) in [4.78, 5) is 1.17. The first kappa shape index (κ1) is 12.1. The van der Waals surface area contributed by atoms with E-state index in [0.29, 0.717) is 0 Å². The van der Waals surface area contributed by atoms with Crippen LogP contribution in [0, 0.1) is 12.3 Å². The molecule has 0 atom stereocenters. The van der Waals surface area contributed by atoms with Gasteiger partial charge in [0.1, 0.15) is 5.84 Å². The lowest BCUT2D eigenvalue weighted by molar-refractivity contribution is 0.896. The highest BCUT2D eigenvalue weighted by Crippen LogP contribution is 2.27. The Morgan fingerprint density at radius 2 is 2.20 bits per heavy atom. The number of thioether (sulfide) groups is 1. The van der Waals surface area contributed by atoms with Crippen molar-refractivity contribution >= 4 is 17.6 Å². The number of nitrogens with two attached hydrogens (primary N) is 1. The van der Waals surface area contributed by atoms with Gasteiger partial charge in [0.05, 0.1) is 0 Å². The fraction of sp³-hybridized carbons (Fsp3) is 0.417. The first-order valence-electron chi connectivity index (χ1n) is 5.23. The van der Waals surface area contributed by atoms with Gasteiger partial charge in [0.2, 0.25) is 0 Å². The molecule has 0 heterocycles. The molecule has 0 unspecified atom stereocenters. The van der Waals surface area contributed by atoms with E-state index in [-0.39, 0.29) is 5.84 Å². The van der Waals surface area contributed by atoms with Crippen LogP contribution in [-0.2, 0) is 0 Å². The van der Waals surface area contributed by atoms with E-state index in [4.69, 9.17) is 11.1 Å². The summed E-state index contributed by atoms with van der Waals surface area (Å²) in [5, 5.41) is 7.52. The van der Waals surface area contributed by atoms with Gasteiger partial charge in [-0.1, -0.05) is 31.5 Å². The fourth-order valence-electron chi connectivity index (χ4n) is 1.37. The van der Waals surface area contributed by atoms with Crippen LogP contribution in [0.25, 0.3) is 0 Å². The summed E-state index contributed by atoms with van der Waals surface area (Å²) in [6.45, 7) is 4.25. The van der Waals surface area contributed by atoms with Gasteiger partial charge in [-0.05, 0) is 24.7 Å². The van der Waals surface area contributed by atoms with Gasteiger partial charge >= 0.3 is 0 Å². The molecule has 3 N–H and O–H groups in total. The van der Waals surface area contributed by atoms with Crippen molar-refractivity contribution in [1.29, 1.82) is 5.41 Å². The SMILES string of the molecule is CCCCSc1c(C)cccc1C(=N)N. The second kappa shape index (κ2) is 5.81. The molecule has 0 saturated heterocycles. The number of benzene rings is 1. The van der Waals surface area contributed by atoms with E-state index in [2.05, 4.69) is 19.9 Å². The normalized spacial score (nSPS) is 10.3. The molecule has 2 nitrogen and oxygen atoms in total. The lowest BCUT2D eigenvalue weighted by atomic mass is 10.1. The highest BCUT2D eigenvalue weighted by Gasteiger charge is 2.07. The third kappa shape index (κ3) is 3.27. The molecule has 0 bridgehead atoms. The van der Waals surface area contributed by atoms with Gasteiger partial charge in [0.15, 0.2) is 0 Å². The Kier molecular flexibility index (Phi) is 4.69. The molecule has 1 rings (SSSR count). The number of amidine groups is 1. The Hall–Kier alpha value is -0.960. The minimum absolute atomic E-state index is 0.165. The largest absolute Gasteiger partial charge is 0.384 e. The minimum atomic E-state index is 0.165. The van der Waals surface area contributed by atoms with Crippen molar-refractivity contribution in [2.75, 3.05) is 5.75 Å². The summed E-state index contributed by atoms with van der Waals surface area (Å²) in [5.41, 5.74) is 7.64. The molecule has 0 amide bonds. The number of rotatable bonds is 5. The lowest BCUT2D eigenvalue weighted by Gasteiger charge is -2.10. The third-order valence-electron chi connectivity index (χ3n) is 2.25. The monoisotopic (exact) mass is 222 g/mol. The zero-order chi connectivity index (χ0) is 11.3. The van der Waals surface area contributed by atoms with Crippen molar-refractivity contribution in [3.05, 3.63) is 29.3 Å². The molecule has 0 radical (unpaired) electrons. The van der Waals surface area contributed by atoms with Crippen molar-refractivity contribution in [3.8, 4) is 0 Å². The zero-order valence-corrected chi connectivity index (χ0v) is 10.2. The Bertz CT molecular complexity index is 347. The first-order valence-corrected chi connectivity index (χ1v) is 6.22. The molecule has 0 aromatic heterocycles. The molecule has 15 heavy (non-hydrogen) atoms. The fourth-order valence-corrected chi connectivity index (χ4v) is 2.64. The Labute approximate surface area is 95.8 Å². The van der Waals surface area contributed by atoms with E-state index in [1.165, 1.54) is 23.3 Å². The summed E-state index contributed by atoms with van der Waals surface area (Å²) in [6.07, 6.45) is 2.41. The van der Waals surface area contributed by atoms with Gasteiger partial charge in [-0.25, -0.2) is 0 Å². The maximum absolute atomic E-state index is 7.52. The number of aryl methyl sites for hydroxylation is 1. The predicted octanol–water partition coefficient (Wildman–Crippen LogP) is 3.17. The molecule has 0 fully saturated rings. The summed E-state index contributed by atoms with van der Waals surface area (Å²) < 4.78 is 0. The highest BCUT2D eigenvalue weighted by molar-refractivity contribution is 7.99. The van der Waals surface area contributed by atoms with Gasteiger partial charge < -0.3 is 5.73 Å². The van der Waals surface area contributed by atoms with E-state index in [1.54, 1.807) is 11.8 Å². The summed E-state index contributed by atoms with van der Waals surface area (Å²) >= 11 is 1.81. The topological polar surface area (TPSA) is 49.9 Å². The van der Waals surface area contributed by atoms with Gasteiger partial charge in [0, 0.05) is 10.5 Å². The summed E-state index contributed by atoms with van der Waals surface area (Å²) in [7, 11) is 0. The zero-order valence-electron chi connectivity index (χ0n) is 9.34. The maximum Gasteiger partial charge on any atom is 0.123 e. The molecule has 1 aromatic rings. The lowest BCUT2D eigenvalue weighted by Crippen LogP contribution is -2.12. The molecule has 0 aliphatic heterocycles. The molecular weight excluding hydrogens is 204 g/mol. The number of hydrogen-bond donors (Lipinski definition) is 2. The summed E-state index contributed by atoms with van der Waals surface area (Å²) in [5.74, 6) is 1.26. The van der Waals surface area contributed by atoms with Crippen LogP contribution in [0.1, 0.15) is 30.9 Å². The van der Waals surface area contributed by atoms with E-state index in [9.17, 15) is 0 Å². The Morgan fingerprint density at radius 1 is 1.47 bits per heavy atom. The van der Waals surface area contributed by atoms with Gasteiger partial charge in [-0.3, -0.25) is 5.41 Å². The van der Waals surface area contributed by atoms with Crippen LogP contribution in [-0.4, -0.2) is 11.6 Å². The minimum Gasteiger partial charge on any atom is -0.384 e. The van der Waals surface area contributed by atoms with Crippen molar-refractivity contribution in [2.45, 2.75) is 31.6 Å².